The highest BCUT2D eigenvalue weighted by atomic mass is 79.9. The standard InChI is InChI=1S/C21H19BrN2O4S/c1-4-27-17-10-14(9-15(22)19(17)28-13(3)25)11-18-20(26)24-21(29-18)23-16-8-6-5-7-12(16)2/h5-11H,4H2,1-3H3,(H,23,24,26)/b18-11+. The van der Waals surface area contributed by atoms with Gasteiger partial charge in [-0.2, -0.15) is 0 Å². The fourth-order valence-electron chi connectivity index (χ4n) is 2.61. The van der Waals surface area contributed by atoms with Gasteiger partial charge in [-0.05, 0) is 76.9 Å². The molecule has 29 heavy (non-hydrogen) atoms. The molecule has 8 heteroatoms. The van der Waals surface area contributed by atoms with Gasteiger partial charge in [-0.1, -0.05) is 18.2 Å². The maximum Gasteiger partial charge on any atom is 0.308 e. The molecule has 1 heterocycles. The zero-order chi connectivity index (χ0) is 21.0. The molecule has 150 valence electrons. The van der Waals surface area contributed by atoms with E-state index in [1.807, 2.05) is 38.1 Å². The first-order valence-corrected chi connectivity index (χ1v) is 10.5. The van der Waals surface area contributed by atoms with Gasteiger partial charge in [-0.25, -0.2) is 4.99 Å². The predicted molar refractivity (Wildman–Crippen MR) is 119 cm³/mol. The highest BCUT2D eigenvalue weighted by molar-refractivity contribution is 9.10. The lowest BCUT2D eigenvalue weighted by Crippen LogP contribution is -2.19. The minimum absolute atomic E-state index is 0.222. The number of amidine groups is 1. The number of rotatable bonds is 5. The Kier molecular flexibility index (Phi) is 6.76. The molecule has 0 saturated carbocycles. The van der Waals surface area contributed by atoms with E-state index < -0.39 is 5.97 Å². The van der Waals surface area contributed by atoms with Crippen LogP contribution in [0.5, 0.6) is 11.5 Å². The Labute approximate surface area is 181 Å². The summed E-state index contributed by atoms with van der Waals surface area (Å²) in [4.78, 5) is 28.8. The molecule has 1 aliphatic heterocycles. The van der Waals surface area contributed by atoms with Crippen LogP contribution in [0, 0.1) is 6.92 Å². The largest absolute Gasteiger partial charge is 0.490 e. The maximum absolute atomic E-state index is 12.4. The number of hydrogen-bond acceptors (Lipinski definition) is 6. The second-order valence-corrected chi connectivity index (χ2v) is 8.01. The smallest absolute Gasteiger partial charge is 0.308 e. The molecular weight excluding hydrogens is 456 g/mol. The van der Waals surface area contributed by atoms with Gasteiger partial charge in [0.2, 0.25) is 0 Å². The number of nitrogens with zero attached hydrogens (tertiary/aromatic N) is 1. The first kappa shape index (κ1) is 21.1. The molecule has 0 atom stereocenters. The van der Waals surface area contributed by atoms with Gasteiger partial charge in [-0.3, -0.25) is 9.59 Å². The van der Waals surface area contributed by atoms with Crippen LogP contribution in [-0.2, 0) is 9.59 Å². The number of benzene rings is 2. The van der Waals surface area contributed by atoms with Crippen LogP contribution in [-0.4, -0.2) is 23.7 Å². The van der Waals surface area contributed by atoms with Crippen LogP contribution < -0.4 is 14.8 Å². The Hall–Kier alpha value is -2.58. The van der Waals surface area contributed by atoms with E-state index in [-0.39, 0.29) is 5.91 Å². The molecule has 0 spiro atoms. The van der Waals surface area contributed by atoms with Crippen LogP contribution >= 0.6 is 27.7 Å². The lowest BCUT2D eigenvalue weighted by molar-refractivity contribution is -0.132. The summed E-state index contributed by atoms with van der Waals surface area (Å²) < 4.78 is 11.4. The first-order chi connectivity index (χ1) is 13.9. The topological polar surface area (TPSA) is 77.0 Å². The molecule has 0 unspecified atom stereocenters. The number of carbonyl (C=O) groups excluding carboxylic acids is 2. The number of para-hydroxylation sites is 1. The van der Waals surface area contributed by atoms with Crippen LogP contribution in [0.3, 0.4) is 0 Å². The monoisotopic (exact) mass is 474 g/mol. The summed E-state index contributed by atoms with van der Waals surface area (Å²) in [5, 5.41) is 3.31. The third-order valence-corrected chi connectivity index (χ3v) is 5.36. The highest BCUT2D eigenvalue weighted by Crippen LogP contribution is 2.38. The second-order valence-electron chi connectivity index (χ2n) is 6.12. The summed E-state index contributed by atoms with van der Waals surface area (Å²) in [6.07, 6.45) is 1.74. The van der Waals surface area contributed by atoms with Gasteiger partial charge in [0.1, 0.15) is 0 Å². The van der Waals surface area contributed by atoms with Crippen molar-refractivity contribution in [3.63, 3.8) is 0 Å². The number of amides is 1. The van der Waals surface area contributed by atoms with E-state index in [9.17, 15) is 9.59 Å². The van der Waals surface area contributed by atoms with Crippen molar-refractivity contribution < 1.29 is 19.1 Å². The van der Waals surface area contributed by atoms with Crippen LogP contribution in [0.25, 0.3) is 6.08 Å². The number of halogens is 1. The van der Waals surface area contributed by atoms with Gasteiger partial charge in [0.15, 0.2) is 16.7 Å². The van der Waals surface area contributed by atoms with E-state index in [1.165, 1.54) is 18.7 Å². The Bertz CT molecular complexity index is 1030. The molecule has 0 bridgehead atoms. The van der Waals surface area contributed by atoms with Crippen LogP contribution in [0.15, 0.2) is 50.8 Å². The van der Waals surface area contributed by atoms with E-state index in [1.54, 1.807) is 18.2 Å². The molecule has 0 aromatic heterocycles. The molecule has 1 fully saturated rings. The quantitative estimate of drug-likeness (QED) is 0.375. The van der Waals surface area contributed by atoms with E-state index in [4.69, 9.17) is 9.47 Å². The average molecular weight is 475 g/mol. The lowest BCUT2D eigenvalue weighted by Gasteiger charge is -2.12. The summed E-state index contributed by atoms with van der Waals surface area (Å²) in [6, 6.07) is 11.2. The second kappa shape index (κ2) is 9.28. The molecule has 2 aromatic carbocycles. The number of ether oxygens (including phenoxy) is 2. The number of aliphatic imine (C=N–C) groups is 1. The van der Waals surface area contributed by atoms with Gasteiger partial charge >= 0.3 is 5.97 Å². The van der Waals surface area contributed by atoms with Crippen LogP contribution in [0.2, 0.25) is 0 Å². The van der Waals surface area contributed by atoms with Gasteiger partial charge < -0.3 is 14.8 Å². The number of nitrogens with one attached hydrogen (secondary N) is 1. The Morgan fingerprint density at radius 1 is 1.31 bits per heavy atom. The SMILES string of the molecule is CCOc1cc(/C=C2/SC(=Nc3ccccc3C)NC2=O)cc(Br)c1OC(C)=O. The summed E-state index contributed by atoms with van der Waals surface area (Å²) >= 11 is 4.67. The zero-order valence-electron chi connectivity index (χ0n) is 16.1. The Balaban J connectivity index is 1.90. The van der Waals surface area contributed by atoms with Gasteiger partial charge in [0.05, 0.1) is 21.7 Å². The van der Waals surface area contributed by atoms with Crippen LogP contribution in [0.1, 0.15) is 25.0 Å². The fraction of sp³-hybridized carbons (Fsp3) is 0.190. The summed E-state index contributed by atoms with van der Waals surface area (Å²) in [5.74, 6) is 0.0639. The van der Waals surface area contributed by atoms with Crippen molar-refractivity contribution in [2.24, 2.45) is 4.99 Å². The molecule has 1 saturated heterocycles. The fourth-order valence-corrected chi connectivity index (χ4v) is 3.98. The Morgan fingerprint density at radius 3 is 2.76 bits per heavy atom. The first-order valence-electron chi connectivity index (χ1n) is 8.87. The van der Waals surface area contributed by atoms with Crippen molar-refractivity contribution in [1.82, 2.24) is 5.32 Å². The summed E-state index contributed by atoms with van der Waals surface area (Å²) in [5.41, 5.74) is 2.56. The van der Waals surface area contributed by atoms with Crippen molar-refractivity contribution in [2.45, 2.75) is 20.8 Å². The van der Waals surface area contributed by atoms with Crippen molar-refractivity contribution in [3.05, 3.63) is 56.9 Å². The molecule has 2 aromatic rings. The minimum Gasteiger partial charge on any atom is -0.490 e. The molecular formula is C21H19BrN2O4S. The Morgan fingerprint density at radius 2 is 2.07 bits per heavy atom. The molecule has 1 aliphatic rings. The molecule has 1 amide bonds. The zero-order valence-corrected chi connectivity index (χ0v) is 18.5. The van der Waals surface area contributed by atoms with Crippen molar-refractivity contribution in [2.75, 3.05) is 6.61 Å². The normalized spacial score (nSPS) is 16.2. The highest BCUT2D eigenvalue weighted by Gasteiger charge is 2.24. The van der Waals surface area contributed by atoms with Gasteiger partial charge in [0, 0.05) is 6.92 Å². The number of hydrogen-bond donors (Lipinski definition) is 1. The van der Waals surface area contributed by atoms with E-state index in [2.05, 4.69) is 26.2 Å². The van der Waals surface area contributed by atoms with E-state index >= 15 is 0 Å². The third kappa shape index (κ3) is 5.27. The van der Waals surface area contributed by atoms with Crippen molar-refractivity contribution in [3.8, 4) is 11.5 Å². The van der Waals surface area contributed by atoms with E-state index in [0.717, 1.165) is 16.8 Å². The molecule has 1 N–H and O–H groups in total. The molecule has 0 radical (unpaired) electrons. The maximum atomic E-state index is 12.4. The van der Waals surface area contributed by atoms with Gasteiger partial charge in [-0.15, -0.1) is 0 Å². The third-order valence-electron chi connectivity index (χ3n) is 3.86. The van der Waals surface area contributed by atoms with Crippen LogP contribution in [0.4, 0.5) is 5.69 Å². The van der Waals surface area contributed by atoms with Crippen molar-refractivity contribution >= 4 is 56.5 Å². The molecule has 6 nitrogen and oxygen atoms in total. The van der Waals surface area contributed by atoms with E-state index in [0.29, 0.717) is 32.7 Å². The number of esters is 1. The average Bonchev–Trinajstić information content (AvgIpc) is 2.99. The predicted octanol–water partition coefficient (Wildman–Crippen LogP) is 4.97. The summed E-state index contributed by atoms with van der Waals surface area (Å²) in [7, 11) is 0. The minimum atomic E-state index is -0.444. The van der Waals surface area contributed by atoms with Gasteiger partial charge in [0.25, 0.3) is 5.91 Å². The lowest BCUT2D eigenvalue weighted by atomic mass is 10.2. The molecule has 3 rings (SSSR count). The number of carbonyl (C=O) groups is 2. The number of thioether (sulfide) groups is 1. The number of aryl methyl sites for hydroxylation is 1. The molecule has 0 aliphatic carbocycles. The summed E-state index contributed by atoms with van der Waals surface area (Å²) in [6.45, 7) is 5.54. The van der Waals surface area contributed by atoms with Crippen molar-refractivity contribution in [1.29, 1.82) is 0 Å².